The SMILES string of the molecule is CCCCCN(CCCCC)CC(C)NC(=S)Nc1ccc2c(C)cc(=O)oc2c1. The summed E-state index contributed by atoms with van der Waals surface area (Å²) in [4.78, 5) is 14.2. The predicted molar refractivity (Wildman–Crippen MR) is 132 cm³/mol. The van der Waals surface area contributed by atoms with Crippen LogP contribution >= 0.6 is 12.2 Å². The number of anilines is 1. The molecule has 0 aliphatic heterocycles. The van der Waals surface area contributed by atoms with Crippen LogP contribution in [0.3, 0.4) is 0 Å². The molecule has 166 valence electrons. The molecule has 1 unspecified atom stereocenters. The van der Waals surface area contributed by atoms with Gasteiger partial charge in [-0.25, -0.2) is 4.79 Å². The molecule has 2 rings (SSSR count). The number of hydrogen-bond donors (Lipinski definition) is 2. The molecule has 0 fully saturated rings. The summed E-state index contributed by atoms with van der Waals surface area (Å²) in [5, 5.41) is 8.13. The lowest BCUT2D eigenvalue weighted by molar-refractivity contribution is 0.245. The van der Waals surface area contributed by atoms with E-state index in [2.05, 4.69) is 36.3 Å². The molecule has 1 aromatic heterocycles. The minimum atomic E-state index is -0.335. The fourth-order valence-electron chi connectivity index (χ4n) is 3.69. The molecule has 2 N–H and O–H groups in total. The van der Waals surface area contributed by atoms with Gasteiger partial charge in [-0.2, -0.15) is 0 Å². The van der Waals surface area contributed by atoms with Crippen molar-refractivity contribution >= 4 is 34.0 Å². The number of thiocarbonyl (C=S) groups is 1. The van der Waals surface area contributed by atoms with Gasteiger partial charge in [0.05, 0.1) is 0 Å². The van der Waals surface area contributed by atoms with E-state index in [1.165, 1.54) is 44.6 Å². The summed E-state index contributed by atoms with van der Waals surface area (Å²) in [6.45, 7) is 11.8. The van der Waals surface area contributed by atoms with E-state index in [1.807, 2.05) is 25.1 Å². The van der Waals surface area contributed by atoms with Crippen molar-refractivity contribution in [3.63, 3.8) is 0 Å². The predicted octanol–water partition coefficient (Wildman–Crippen LogP) is 5.46. The molecule has 6 heteroatoms. The van der Waals surface area contributed by atoms with Crippen LogP contribution in [0.4, 0.5) is 5.69 Å². The fraction of sp³-hybridized carbons (Fsp3) is 0.583. The van der Waals surface area contributed by atoms with Crippen LogP contribution < -0.4 is 16.3 Å². The number of rotatable bonds is 12. The summed E-state index contributed by atoms with van der Waals surface area (Å²) in [5.74, 6) is 0. The quantitative estimate of drug-likeness (QED) is 0.264. The average molecular weight is 432 g/mol. The van der Waals surface area contributed by atoms with Gasteiger partial charge in [0.25, 0.3) is 0 Å². The van der Waals surface area contributed by atoms with E-state index in [9.17, 15) is 4.79 Å². The Labute approximate surface area is 186 Å². The molecule has 1 atom stereocenters. The minimum Gasteiger partial charge on any atom is -0.423 e. The summed E-state index contributed by atoms with van der Waals surface area (Å²) < 4.78 is 5.33. The van der Waals surface area contributed by atoms with Gasteiger partial charge in [-0.3, -0.25) is 0 Å². The second-order valence-corrected chi connectivity index (χ2v) is 8.58. The standard InChI is InChI=1S/C24H37N3O2S/c1-5-7-9-13-27(14-10-8-6-2)17-19(4)25-24(30)26-20-11-12-21-18(3)15-23(28)29-22(21)16-20/h11-12,15-16,19H,5-10,13-14,17H2,1-4H3,(H2,25,26,30). The van der Waals surface area contributed by atoms with Gasteiger partial charge >= 0.3 is 5.63 Å². The summed E-state index contributed by atoms with van der Waals surface area (Å²) >= 11 is 5.52. The Morgan fingerprint density at radius 1 is 1.10 bits per heavy atom. The van der Waals surface area contributed by atoms with Crippen molar-refractivity contribution in [3.05, 3.63) is 40.2 Å². The highest BCUT2D eigenvalue weighted by atomic mass is 32.1. The van der Waals surface area contributed by atoms with Gasteiger partial charge < -0.3 is 20.0 Å². The van der Waals surface area contributed by atoms with E-state index in [0.29, 0.717) is 10.7 Å². The van der Waals surface area contributed by atoms with Crippen LogP contribution in [0.15, 0.2) is 33.5 Å². The van der Waals surface area contributed by atoms with Crippen LogP contribution in [0.1, 0.15) is 64.9 Å². The Bertz CT molecular complexity index is 855. The lowest BCUT2D eigenvalue weighted by atomic mass is 10.1. The zero-order valence-electron chi connectivity index (χ0n) is 18.9. The largest absolute Gasteiger partial charge is 0.423 e. The molecule has 0 saturated heterocycles. The van der Waals surface area contributed by atoms with Crippen molar-refractivity contribution in [1.82, 2.24) is 10.2 Å². The maximum atomic E-state index is 11.6. The molecule has 0 radical (unpaired) electrons. The van der Waals surface area contributed by atoms with E-state index in [-0.39, 0.29) is 11.7 Å². The lowest BCUT2D eigenvalue weighted by Gasteiger charge is -2.27. The zero-order chi connectivity index (χ0) is 21.9. The van der Waals surface area contributed by atoms with Gasteiger partial charge in [0.15, 0.2) is 5.11 Å². The third-order valence-corrected chi connectivity index (χ3v) is 5.49. The summed E-state index contributed by atoms with van der Waals surface area (Å²) in [5.41, 5.74) is 1.95. The molecule has 5 nitrogen and oxygen atoms in total. The Morgan fingerprint density at radius 3 is 2.40 bits per heavy atom. The molecular formula is C24H37N3O2S. The smallest absolute Gasteiger partial charge is 0.336 e. The van der Waals surface area contributed by atoms with Gasteiger partial charge in [-0.05, 0) is 69.7 Å². The lowest BCUT2D eigenvalue weighted by Crippen LogP contribution is -2.44. The van der Waals surface area contributed by atoms with E-state index in [0.717, 1.165) is 36.3 Å². The number of benzene rings is 1. The third kappa shape index (κ3) is 8.07. The fourth-order valence-corrected chi connectivity index (χ4v) is 4.01. The maximum absolute atomic E-state index is 11.6. The highest BCUT2D eigenvalue weighted by molar-refractivity contribution is 7.80. The number of hydrogen-bond acceptors (Lipinski definition) is 4. The number of nitrogens with zero attached hydrogens (tertiary/aromatic N) is 1. The third-order valence-electron chi connectivity index (χ3n) is 5.27. The first-order valence-electron chi connectivity index (χ1n) is 11.3. The van der Waals surface area contributed by atoms with Crippen LogP contribution in [-0.2, 0) is 0 Å². The summed E-state index contributed by atoms with van der Waals surface area (Å²) in [6.07, 6.45) is 7.55. The molecule has 0 amide bonds. The van der Waals surface area contributed by atoms with Gasteiger partial charge in [0.2, 0.25) is 0 Å². The van der Waals surface area contributed by atoms with Crippen LogP contribution in [0.5, 0.6) is 0 Å². The normalized spacial score (nSPS) is 12.3. The first-order valence-corrected chi connectivity index (χ1v) is 11.7. The summed E-state index contributed by atoms with van der Waals surface area (Å²) in [7, 11) is 0. The Kier molecular flexibility index (Phi) is 10.3. The van der Waals surface area contributed by atoms with Crippen LogP contribution in [-0.4, -0.2) is 35.7 Å². The molecular weight excluding hydrogens is 394 g/mol. The number of nitrogens with one attached hydrogen (secondary N) is 2. The molecule has 0 saturated carbocycles. The van der Waals surface area contributed by atoms with Crippen molar-refractivity contribution in [2.24, 2.45) is 0 Å². The molecule has 1 heterocycles. The van der Waals surface area contributed by atoms with E-state index >= 15 is 0 Å². The average Bonchev–Trinajstić information content (AvgIpc) is 2.67. The summed E-state index contributed by atoms with van der Waals surface area (Å²) in [6, 6.07) is 7.48. The zero-order valence-corrected chi connectivity index (χ0v) is 19.7. The Balaban J connectivity index is 1.91. The molecule has 0 bridgehead atoms. The molecule has 0 aliphatic carbocycles. The topological polar surface area (TPSA) is 57.5 Å². The second kappa shape index (κ2) is 12.7. The number of unbranched alkanes of at least 4 members (excludes halogenated alkanes) is 4. The van der Waals surface area contributed by atoms with Crippen molar-refractivity contribution in [1.29, 1.82) is 0 Å². The van der Waals surface area contributed by atoms with E-state index in [4.69, 9.17) is 16.6 Å². The van der Waals surface area contributed by atoms with Gasteiger partial charge in [-0.15, -0.1) is 0 Å². The molecule has 0 aliphatic rings. The highest BCUT2D eigenvalue weighted by Gasteiger charge is 2.12. The van der Waals surface area contributed by atoms with Crippen molar-refractivity contribution in [2.75, 3.05) is 25.0 Å². The van der Waals surface area contributed by atoms with E-state index < -0.39 is 0 Å². The van der Waals surface area contributed by atoms with Crippen LogP contribution in [0.2, 0.25) is 0 Å². The van der Waals surface area contributed by atoms with Crippen molar-refractivity contribution < 1.29 is 4.42 Å². The highest BCUT2D eigenvalue weighted by Crippen LogP contribution is 2.20. The van der Waals surface area contributed by atoms with Crippen LogP contribution in [0, 0.1) is 6.92 Å². The number of fused-ring (bicyclic) bond motifs is 1. The molecule has 30 heavy (non-hydrogen) atoms. The number of aryl methyl sites for hydroxylation is 1. The van der Waals surface area contributed by atoms with Gasteiger partial charge in [0.1, 0.15) is 5.58 Å². The monoisotopic (exact) mass is 431 g/mol. The van der Waals surface area contributed by atoms with E-state index in [1.54, 1.807) is 0 Å². The first kappa shape index (κ1) is 24.4. The van der Waals surface area contributed by atoms with Gasteiger partial charge in [-0.1, -0.05) is 39.5 Å². The Hall–Kier alpha value is -1.92. The second-order valence-electron chi connectivity index (χ2n) is 8.17. The van der Waals surface area contributed by atoms with Crippen molar-refractivity contribution in [2.45, 2.75) is 72.3 Å². The molecule has 0 spiro atoms. The maximum Gasteiger partial charge on any atom is 0.336 e. The first-order chi connectivity index (χ1) is 14.4. The van der Waals surface area contributed by atoms with Gasteiger partial charge in [0, 0.05) is 35.8 Å². The molecule has 1 aromatic carbocycles. The Morgan fingerprint density at radius 2 is 1.77 bits per heavy atom. The molecule has 2 aromatic rings. The minimum absolute atomic E-state index is 0.244. The van der Waals surface area contributed by atoms with Crippen LogP contribution in [0.25, 0.3) is 11.0 Å². The van der Waals surface area contributed by atoms with Crippen molar-refractivity contribution in [3.8, 4) is 0 Å².